The fraction of sp³-hybridized carbons (Fsp3) is 0.550. The summed E-state index contributed by atoms with van der Waals surface area (Å²) in [5, 5.41) is 11.8. The van der Waals surface area contributed by atoms with Crippen molar-refractivity contribution < 1.29 is 22.9 Å². The van der Waals surface area contributed by atoms with Gasteiger partial charge >= 0.3 is 6.18 Å². The molecule has 11 heteroatoms. The van der Waals surface area contributed by atoms with Crippen LogP contribution in [0.3, 0.4) is 0 Å². The largest absolute Gasteiger partial charge is 0.416 e. The molecule has 0 saturated heterocycles. The lowest BCUT2D eigenvalue weighted by atomic mass is 10.2. The van der Waals surface area contributed by atoms with Gasteiger partial charge in [-0.2, -0.15) is 13.2 Å². The molecule has 0 aliphatic rings. The van der Waals surface area contributed by atoms with Gasteiger partial charge in [0.1, 0.15) is 6.04 Å². The van der Waals surface area contributed by atoms with Crippen molar-refractivity contribution in [1.82, 2.24) is 14.8 Å². The summed E-state index contributed by atoms with van der Waals surface area (Å²) in [6, 6.07) is 3.01. The normalized spacial score (nSPS) is 12.9. The molecule has 0 spiro atoms. The second kappa shape index (κ2) is 11.2. The summed E-state index contributed by atoms with van der Waals surface area (Å²) in [6.45, 7) is 4.93. The molecule has 0 bridgehead atoms. The monoisotopic (exact) mass is 478 g/mol. The lowest BCUT2D eigenvalue weighted by Crippen LogP contribution is -3.06. The second-order valence-electron chi connectivity index (χ2n) is 7.41. The number of hydrogen-bond donors (Lipinski definition) is 2. The number of carbonyl (C=O) groups excluding carboxylic acids is 1. The molecule has 2 aromatic rings. The maximum atomic E-state index is 12.9. The Morgan fingerprint density at radius 2 is 2.00 bits per heavy atom. The van der Waals surface area contributed by atoms with Gasteiger partial charge in [-0.25, -0.2) is 0 Å². The lowest BCUT2D eigenvalue weighted by Gasteiger charge is -2.20. The average Bonchev–Trinajstić information content (AvgIpc) is 3.08. The van der Waals surface area contributed by atoms with Gasteiger partial charge in [0.05, 0.1) is 36.1 Å². The highest BCUT2D eigenvalue weighted by atomic mass is 35.5. The minimum absolute atomic E-state index is 0.0254. The molecule has 0 unspecified atom stereocenters. The number of nitrogens with one attached hydrogen (secondary N) is 2. The van der Waals surface area contributed by atoms with Crippen LogP contribution in [0.1, 0.15) is 50.5 Å². The number of nitrogens with zero attached hydrogens (tertiary/aromatic N) is 3. The lowest BCUT2D eigenvalue weighted by molar-refractivity contribution is -0.893. The van der Waals surface area contributed by atoms with Gasteiger partial charge in [-0.1, -0.05) is 43.6 Å². The van der Waals surface area contributed by atoms with Gasteiger partial charge in [-0.3, -0.25) is 4.79 Å². The quantitative estimate of drug-likeness (QED) is 0.505. The van der Waals surface area contributed by atoms with E-state index in [1.54, 1.807) is 0 Å². The number of benzene rings is 1. The first-order chi connectivity index (χ1) is 14.6. The van der Waals surface area contributed by atoms with Crippen LogP contribution in [0.4, 0.5) is 18.9 Å². The maximum absolute atomic E-state index is 12.9. The number of hydrogen-bond acceptors (Lipinski definition) is 4. The van der Waals surface area contributed by atoms with Crippen LogP contribution in [0.5, 0.6) is 0 Å². The molecular formula is C20H28ClF3N5OS+. The second-order valence-corrected chi connectivity index (χ2v) is 8.76. The number of aromatic nitrogens is 3. The summed E-state index contributed by atoms with van der Waals surface area (Å²) in [4.78, 5) is 13.6. The Bertz CT molecular complexity index is 888. The van der Waals surface area contributed by atoms with E-state index in [4.69, 9.17) is 11.6 Å². The summed E-state index contributed by atoms with van der Waals surface area (Å²) < 4.78 is 40.8. The topological polar surface area (TPSA) is 64.2 Å². The Morgan fingerprint density at radius 3 is 2.58 bits per heavy atom. The number of quaternary nitrogens is 1. The Hall–Kier alpha value is -1.78. The third kappa shape index (κ3) is 6.85. The smallest absolute Gasteiger partial charge is 0.331 e. The molecule has 2 rings (SSSR count). The van der Waals surface area contributed by atoms with E-state index < -0.39 is 17.6 Å². The number of carbonyl (C=O) groups is 1. The Morgan fingerprint density at radius 1 is 1.29 bits per heavy atom. The highest BCUT2D eigenvalue weighted by molar-refractivity contribution is 7.99. The summed E-state index contributed by atoms with van der Waals surface area (Å²) in [6.07, 6.45) is -1.67. The van der Waals surface area contributed by atoms with Crippen LogP contribution in [0.15, 0.2) is 23.4 Å². The first-order valence-electron chi connectivity index (χ1n) is 10.1. The van der Waals surface area contributed by atoms with Crippen molar-refractivity contribution >= 4 is 35.0 Å². The predicted octanol–water partition coefficient (Wildman–Crippen LogP) is 4.08. The number of rotatable bonds is 10. The molecule has 31 heavy (non-hydrogen) atoms. The fourth-order valence-electron chi connectivity index (χ4n) is 3.15. The molecule has 0 radical (unpaired) electrons. The zero-order chi connectivity index (χ0) is 23.2. The molecule has 0 aliphatic heterocycles. The molecule has 0 saturated carbocycles. The first-order valence-corrected chi connectivity index (χ1v) is 11.5. The van der Waals surface area contributed by atoms with Crippen LogP contribution in [0, 0.1) is 0 Å². The standard InChI is InChI=1S/C20H27ClF3N5OS/c1-5-7-10-29-18(16(6-2)28(3)4)26-27-19(29)31-12-17(30)25-15-11-13(20(22,23)24)8-9-14(15)21/h8-9,11,16H,5-7,10,12H2,1-4H3,(H,25,30)/p+1/t16-/m0/s1. The van der Waals surface area contributed by atoms with Crippen LogP contribution in [-0.4, -0.2) is 40.5 Å². The highest BCUT2D eigenvalue weighted by Gasteiger charge is 2.31. The van der Waals surface area contributed by atoms with Crippen molar-refractivity contribution in [2.75, 3.05) is 25.2 Å². The minimum Gasteiger partial charge on any atom is -0.331 e. The van der Waals surface area contributed by atoms with Gasteiger partial charge in [0.2, 0.25) is 5.91 Å². The molecule has 1 aromatic heterocycles. The molecule has 0 aliphatic carbocycles. The minimum atomic E-state index is -4.52. The maximum Gasteiger partial charge on any atom is 0.416 e. The van der Waals surface area contributed by atoms with Gasteiger partial charge in [-0.05, 0) is 24.6 Å². The first kappa shape index (κ1) is 25.5. The van der Waals surface area contributed by atoms with Crippen molar-refractivity contribution in [3.8, 4) is 0 Å². The van der Waals surface area contributed by atoms with Crippen molar-refractivity contribution in [2.45, 2.75) is 57.0 Å². The number of halogens is 4. The van der Waals surface area contributed by atoms with Crippen molar-refractivity contribution in [1.29, 1.82) is 0 Å². The Balaban J connectivity index is 2.14. The van der Waals surface area contributed by atoms with E-state index in [2.05, 4.69) is 43.5 Å². The van der Waals surface area contributed by atoms with E-state index in [-0.39, 0.29) is 22.5 Å². The average molecular weight is 479 g/mol. The van der Waals surface area contributed by atoms with Crippen LogP contribution in [0.2, 0.25) is 5.02 Å². The van der Waals surface area contributed by atoms with Crippen molar-refractivity contribution in [3.05, 3.63) is 34.6 Å². The third-order valence-electron chi connectivity index (χ3n) is 4.80. The van der Waals surface area contributed by atoms with Crippen LogP contribution in [-0.2, 0) is 17.5 Å². The van der Waals surface area contributed by atoms with Gasteiger partial charge < -0.3 is 14.8 Å². The van der Waals surface area contributed by atoms with Gasteiger partial charge in [0.15, 0.2) is 11.0 Å². The molecule has 172 valence electrons. The summed E-state index contributed by atoms with van der Waals surface area (Å²) >= 11 is 7.16. The molecule has 1 amide bonds. The number of alkyl halides is 3. The zero-order valence-electron chi connectivity index (χ0n) is 18.0. The summed E-state index contributed by atoms with van der Waals surface area (Å²) in [5.74, 6) is 0.380. The van der Waals surface area contributed by atoms with Gasteiger partial charge in [0, 0.05) is 13.0 Å². The van der Waals surface area contributed by atoms with Crippen molar-refractivity contribution in [2.24, 2.45) is 0 Å². The Kier molecular flexibility index (Phi) is 9.20. The molecule has 6 nitrogen and oxygen atoms in total. The molecule has 1 heterocycles. The number of amides is 1. The van der Waals surface area contributed by atoms with E-state index in [0.717, 1.165) is 49.8 Å². The molecule has 1 atom stereocenters. The van der Waals surface area contributed by atoms with Crippen LogP contribution < -0.4 is 10.2 Å². The Labute approximate surface area is 189 Å². The highest BCUT2D eigenvalue weighted by Crippen LogP contribution is 2.34. The van der Waals surface area contributed by atoms with E-state index >= 15 is 0 Å². The van der Waals surface area contributed by atoms with E-state index in [1.165, 1.54) is 16.7 Å². The summed E-state index contributed by atoms with van der Waals surface area (Å²) in [7, 11) is 4.12. The van der Waals surface area contributed by atoms with Gasteiger partial charge in [-0.15, -0.1) is 10.2 Å². The predicted molar refractivity (Wildman–Crippen MR) is 117 cm³/mol. The summed E-state index contributed by atoms with van der Waals surface area (Å²) in [5.41, 5.74) is -0.946. The zero-order valence-corrected chi connectivity index (χ0v) is 19.6. The molecule has 2 N–H and O–H groups in total. The number of unbranched alkanes of at least 4 members (excludes halogenated alkanes) is 1. The van der Waals surface area contributed by atoms with E-state index in [0.29, 0.717) is 5.16 Å². The number of anilines is 1. The number of thioether (sulfide) groups is 1. The third-order valence-corrected chi connectivity index (χ3v) is 6.09. The van der Waals surface area contributed by atoms with E-state index in [1.807, 2.05) is 4.57 Å². The molecule has 1 aromatic carbocycles. The molecular weight excluding hydrogens is 451 g/mol. The van der Waals surface area contributed by atoms with Crippen LogP contribution >= 0.6 is 23.4 Å². The SMILES string of the molecule is CCCCn1c(SCC(=O)Nc2cc(C(F)(F)F)ccc2Cl)nnc1[C@H](CC)[NH+](C)C. The van der Waals surface area contributed by atoms with Gasteiger partial charge in [0.25, 0.3) is 0 Å². The van der Waals surface area contributed by atoms with Crippen molar-refractivity contribution in [3.63, 3.8) is 0 Å². The molecule has 0 fully saturated rings. The fourth-order valence-corrected chi connectivity index (χ4v) is 4.09. The van der Waals surface area contributed by atoms with E-state index in [9.17, 15) is 18.0 Å². The van der Waals surface area contributed by atoms with Crippen LogP contribution in [0.25, 0.3) is 0 Å².